The van der Waals surface area contributed by atoms with Gasteiger partial charge in [-0.1, -0.05) is 23.7 Å². The quantitative estimate of drug-likeness (QED) is 0.753. The van der Waals surface area contributed by atoms with Crippen LogP contribution in [0.1, 0.15) is 10.4 Å². The number of hydrogen-bond acceptors (Lipinski definition) is 5. The minimum atomic E-state index is 0.0878. The number of fused-ring (bicyclic) bond motifs is 1. The second-order valence-electron chi connectivity index (χ2n) is 6.60. The molecule has 0 radical (unpaired) electrons. The van der Waals surface area contributed by atoms with Gasteiger partial charge in [-0.2, -0.15) is 0 Å². The Bertz CT molecular complexity index is 860. The predicted molar refractivity (Wildman–Crippen MR) is 106 cm³/mol. The molecule has 0 saturated carbocycles. The lowest BCUT2D eigenvalue weighted by Crippen LogP contribution is -2.48. The molecule has 140 valence electrons. The van der Waals surface area contributed by atoms with Crippen LogP contribution in [0, 0.1) is 0 Å². The van der Waals surface area contributed by atoms with Gasteiger partial charge in [-0.25, -0.2) is 0 Å². The van der Waals surface area contributed by atoms with Gasteiger partial charge in [0.15, 0.2) is 17.3 Å². The van der Waals surface area contributed by atoms with Crippen molar-refractivity contribution < 1.29 is 14.3 Å². The number of carbonyl (C=O) groups is 1. The topological polar surface area (TPSA) is 42.0 Å². The molecule has 27 heavy (non-hydrogen) atoms. The first-order valence-electron chi connectivity index (χ1n) is 9.04. The van der Waals surface area contributed by atoms with E-state index in [2.05, 4.69) is 9.80 Å². The average molecular weight is 385 g/mol. The normalized spacial score (nSPS) is 16.9. The smallest absolute Gasteiger partial charge is 0.176 e. The van der Waals surface area contributed by atoms with E-state index < -0.39 is 0 Å². The zero-order valence-corrected chi connectivity index (χ0v) is 15.7. The maximum atomic E-state index is 12.7. The highest BCUT2D eigenvalue weighted by Crippen LogP contribution is 2.30. The van der Waals surface area contributed by atoms with Crippen molar-refractivity contribution in [3.05, 3.63) is 65.4 Å². The lowest BCUT2D eigenvalue weighted by Gasteiger charge is -2.36. The number of nitrogens with zero attached hydrogens (tertiary/aromatic N) is 2. The zero-order valence-electron chi connectivity index (χ0n) is 14.9. The second kappa shape index (κ2) is 8.03. The summed E-state index contributed by atoms with van der Waals surface area (Å²) in [5.74, 6) is 1.33. The lowest BCUT2D eigenvalue weighted by molar-refractivity contribution is 0.0926. The van der Waals surface area contributed by atoms with E-state index in [4.69, 9.17) is 21.1 Å². The van der Waals surface area contributed by atoms with Gasteiger partial charge in [0.2, 0.25) is 0 Å². The lowest BCUT2D eigenvalue weighted by atomic mass is 10.1. The van der Waals surface area contributed by atoms with E-state index in [1.54, 1.807) is 30.5 Å². The molecule has 2 heterocycles. The maximum absolute atomic E-state index is 12.7. The number of piperazine rings is 1. The zero-order chi connectivity index (χ0) is 18.6. The van der Waals surface area contributed by atoms with Crippen molar-refractivity contribution in [3.63, 3.8) is 0 Å². The van der Waals surface area contributed by atoms with Crippen LogP contribution in [-0.4, -0.2) is 50.0 Å². The van der Waals surface area contributed by atoms with Crippen LogP contribution in [0.4, 0.5) is 5.69 Å². The summed E-state index contributed by atoms with van der Waals surface area (Å²) in [7, 11) is 0. The Morgan fingerprint density at radius 3 is 2.67 bits per heavy atom. The summed E-state index contributed by atoms with van der Waals surface area (Å²) in [4.78, 5) is 17.2. The van der Waals surface area contributed by atoms with Crippen LogP contribution < -0.4 is 14.4 Å². The third-order valence-electron chi connectivity index (χ3n) is 4.82. The average Bonchev–Trinajstić information content (AvgIpc) is 2.94. The Balaban J connectivity index is 1.36. The molecule has 2 aromatic carbocycles. The number of carbonyl (C=O) groups excluding carboxylic acids is 1. The van der Waals surface area contributed by atoms with E-state index in [1.807, 2.05) is 24.3 Å². The third-order valence-corrected chi connectivity index (χ3v) is 5.14. The van der Waals surface area contributed by atoms with Crippen molar-refractivity contribution in [1.82, 2.24) is 4.90 Å². The standard InChI is InChI=1S/C21H21ClN2O3/c22-17-4-1-2-5-18(17)24-10-8-23(9-11-24)15-19(25)16-6-7-20-21(14-16)27-13-3-12-26-20/h1-7,12,14H,8-11,13,15H2. The first-order chi connectivity index (χ1) is 13.2. The van der Waals surface area contributed by atoms with Crippen molar-refractivity contribution in [2.75, 3.05) is 44.2 Å². The fourth-order valence-electron chi connectivity index (χ4n) is 3.34. The Kier molecular flexibility index (Phi) is 5.32. The number of ketones is 1. The molecule has 2 aliphatic rings. The SMILES string of the molecule is O=C(CN1CCN(c2ccccc2Cl)CC1)c1ccc2c(c1)OCC=CO2. The highest BCUT2D eigenvalue weighted by atomic mass is 35.5. The number of hydrogen-bond donors (Lipinski definition) is 0. The van der Waals surface area contributed by atoms with Gasteiger partial charge < -0.3 is 14.4 Å². The Morgan fingerprint density at radius 1 is 1.04 bits per heavy atom. The number of para-hydroxylation sites is 1. The van der Waals surface area contributed by atoms with Crippen molar-refractivity contribution >= 4 is 23.1 Å². The first-order valence-corrected chi connectivity index (χ1v) is 9.42. The second-order valence-corrected chi connectivity index (χ2v) is 7.01. The highest BCUT2D eigenvalue weighted by Gasteiger charge is 2.21. The van der Waals surface area contributed by atoms with Gasteiger partial charge >= 0.3 is 0 Å². The third kappa shape index (κ3) is 4.10. The summed E-state index contributed by atoms with van der Waals surface area (Å²) in [6, 6.07) is 13.2. The number of ether oxygens (including phenoxy) is 2. The number of rotatable bonds is 4. The molecule has 1 saturated heterocycles. The Morgan fingerprint density at radius 2 is 1.85 bits per heavy atom. The maximum Gasteiger partial charge on any atom is 0.176 e. The summed E-state index contributed by atoms with van der Waals surface area (Å²) in [5.41, 5.74) is 1.70. The molecule has 6 heteroatoms. The largest absolute Gasteiger partial charge is 0.485 e. The number of anilines is 1. The molecular formula is C21H21ClN2O3. The van der Waals surface area contributed by atoms with E-state index in [1.165, 1.54) is 0 Å². The van der Waals surface area contributed by atoms with Crippen LogP contribution in [0.25, 0.3) is 0 Å². The predicted octanol–water partition coefficient (Wildman–Crippen LogP) is 3.63. The fourth-order valence-corrected chi connectivity index (χ4v) is 3.59. The van der Waals surface area contributed by atoms with Gasteiger partial charge in [-0.15, -0.1) is 0 Å². The molecule has 5 nitrogen and oxygen atoms in total. The van der Waals surface area contributed by atoms with Crippen LogP contribution >= 0.6 is 11.6 Å². The molecule has 1 fully saturated rings. The molecule has 0 N–H and O–H groups in total. The number of Topliss-reactive ketones (excluding diaryl/α,β-unsaturated/α-hetero) is 1. The minimum Gasteiger partial charge on any atom is -0.485 e. The molecular weight excluding hydrogens is 364 g/mol. The van der Waals surface area contributed by atoms with E-state index in [9.17, 15) is 4.79 Å². The molecule has 0 aliphatic carbocycles. The van der Waals surface area contributed by atoms with E-state index in [0.717, 1.165) is 36.9 Å². The molecule has 0 aromatic heterocycles. The van der Waals surface area contributed by atoms with Crippen LogP contribution in [0.15, 0.2) is 54.8 Å². The Hall–Kier alpha value is -2.50. The molecule has 2 aliphatic heterocycles. The fraction of sp³-hybridized carbons (Fsp3) is 0.286. The molecule has 0 amide bonds. The molecule has 2 aromatic rings. The van der Waals surface area contributed by atoms with Crippen molar-refractivity contribution in [3.8, 4) is 11.5 Å². The van der Waals surface area contributed by atoms with E-state index in [-0.39, 0.29) is 5.78 Å². The summed E-state index contributed by atoms with van der Waals surface area (Å²) in [6.07, 6.45) is 3.39. The molecule has 0 unspecified atom stereocenters. The number of halogens is 1. The van der Waals surface area contributed by atoms with Gasteiger partial charge in [-0.3, -0.25) is 9.69 Å². The van der Waals surface area contributed by atoms with Crippen LogP contribution in [0.5, 0.6) is 11.5 Å². The van der Waals surface area contributed by atoms with Crippen LogP contribution in [0.2, 0.25) is 5.02 Å². The van der Waals surface area contributed by atoms with E-state index >= 15 is 0 Å². The van der Waals surface area contributed by atoms with Crippen molar-refractivity contribution in [2.24, 2.45) is 0 Å². The first kappa shape index (κ1) is 17.9. The molecule has 0 spiro atoms. The molecule has 0 atom stereocenters. The minimum absolute atomic E-state index is 0.0878. The highest BCUT2D eigenvalue weighted by molar-refractivity contribution is 6.33. The van der Waals surface area contributed by atoms with Gasteiger partial charge in [0.1, 0.15) is 6.61 Å². The molecule has 4 rings (SSSR count). The monoisotopic (exact) mass is 384 g/mol. The summed E-state index contributed by atoms with van der Waals surface area (Å²) >= 11 is 6.29. The summed E-state index contributed by atoms with van der Waals surface area (Å²) in [6.45, 7) is 4.19. The van der Waals surface area contributed by atoms with Gasteiger partial charge in [0.25, 0.3) is 0 Å². The van der Waals surface area contributed by atoms with Crippen LogP contribution in [0.3, 0.4) is 0 Å². The van der Waals surface area contributed by atoms with E-state index in [0.29, 0.717) is 30.2 Å². The van der Waals surface area contributed by atoms with Gasteiger partial charge in [0, 0.05) is 31.7 Å². The van der Waals surface area contributed by atoms with Gasteiger partial charge in [0.05, 0.1) is 23.5 Å². The van der Waals surface area contributed by atoms with Gasteiger partial charge in [-0.05, 0) is 36.4 Å². The molecule has 0 bridgehead atoms. The van der Waals surface area contributed by atoms with Crippen LogP contribution in [-0.2, 0) is 0 Å². The summed E-state index contributed by atoms with van der Waals surface area (Å²) < 4.78 is 11.1. The Labute approximate surface area is 163 Å². The van der Waals surface area contributed by atoms with Crippen molar-refractivity contribution in [2.45, 2.75) is 0 Å². The van der Waals surface area contributed by atoms with Crippen molar-refractivity contribution in [1.29, 1.82) is 0 Å². The summed E-state index contributed by atoms with van der Waals surface area (Å²) in [5, 5.41) is 0.767. The number of benzene rings is 2.